The number of aliphatic carboxylic acids is 2. The first-order valence-electron chi connectivity index (χ1n) is 13.5. The van der Waals surface area contributed by atoms with Gasteiger partial charge in [-0.25, -0.2) is 14.6 Å². The van der Waals surface area contributed by atoms with Gasteiger partial charge in [0.25, 0.3) is 5.91 Å². The molecule has 45 heavy (non-hydrogen) atoms. The van der Waals surface area contributed by atoms with Crippen LogP contribution in [0.4, 0.5) is 5.69 Å². The normalized spacial score (nSPS) is 18.2. The van der Waals surface area contributed by atoms with Crippen LogP contribution < -0.4 is 5.01 Å². The fourth-order valence-electron chi connectivity index (χ4n) is 4.91. The van der Waals surface area contributed by atoms with Gasteiger partial charge < -0.3 is 14.9 Å². The molecule has 0 radical (unpaired) electrons. The highest BCUT2D eigenvalue weighted by atomic mass is 35.5. The zero-order chi connectivity index (χ0) is 33.3. The largest absolute Gasteiger partial charge is 0.479 e. The molecule has 0 saturated heterocycles. The van der Waals surface area contributed by atoms with E-state index in [0.29, 0.717) is 26.4 Å². The number of carbonyl (C=O) groups excluding carboxylic acids is 1. The molecule has 2 aliphatic rings. The van der Waals surface area contributed by atoms with Crippen LogP contribution in [0.25, 0.3) is 5.57 Å². The number of halogens is 4. The van der Waals surface area contributed by atoms with Crippen LogP contribution in [-0.4, -0.2) is 50.9 Å². The predicted octanol–water partition coefficient (Wildman–Crippen LogP) is 7.96. The minimum Gasteiger partial charge on any atom is -0.479 e. The maximum Gasteiger partial charge on any atom is 0.352 e. The lowest BCUT2D eigenvalue weighted by Crippen LogP contribution is -2.49. The number of hydrazone groups is 1. The number of ether oxygens (including phenoxy) is 1. The molecule has 2 heterocycles. The number of nitrogens with zero attached hydrogens (tertiary/aromatic N) is 3. The third-order valence-corrected chi connectivity index (χ3v) is 8.55. The summed E-state index contributed by atoms with van der Waals surface area (Å²) in [5, 5.41) is 25.0. The Morgan fingerprint density at radius 3 is 2.11 bits per heavy atom. The van der Waals surface area contributed by atoms with E-state index in [4.69, 9.17) is 56.2 Å². The standard InChI is InChI=1S/C20H19Cl2NO2.C12H10Cl2N2O4/c1-13-18(14-7-5-4-6-8-14)19(24)23(12-25-13)20(2,3)15-9-16(21)11-17(22)10-15;1-12(11(19)20)5-8(10(17)18)15-16(12)9-3-2-6(13)4-7(9)14/h4-11H,12H2,1-3H3;2-4H,5H2,1H3,(H,17,18)(H,19,20). The molecule has 9 nitrogen and oxygen atoms in total. The van der Waals surface area contributed by atoms with Crippen molar-refractivity contribution in [2.75, 3.05) is 11.7 Å². The number of hydrogen-bond acceptors (Lipinski definition) is 6. The van der Waals surface area contributed by atoms with Crippen molar-refractivity contribution in [3.05, 3.63) is 104 Å². The molecule has 0 spiro atoms. The van der Waals surface area contributed by atoms with Crippen LogP contribution in [0, 0.1) is 0 Å². The fourth-order valence-corrected chi connectivity index (χ4v) is 5.93. The Balaban J connectivity index is 0.000000210. The van der Waals surface area contributed by atoms with E-state index in [1.54, 1.807) is 11.0 Å². The van der Waals surface area contributed by atoms with Gasteiger partial charge in [0, 0.05) is 21.5 Å². The zero-order valence-electron chi connectivity index (χ0n) is 24.6. The van der Waals surface area contributed by atoms with Gasteiger partial charge >= 0.3 is 11.9 Å². The molecule has 0 aromatic heterocycles. The van der Waals surface area contributed by atoms with Crippen molar-refractivity contribution < 1.29 is 29.3 Å². The SMILES string of the molecule is CC1(C(=O)O)CC(C(=O)O)=NN1c1ccc(Cl)cc1Cl.CC1=C(c2ccccc2)C(=O)N(C(C)(C)c2cc(Cl)cc(Cl)c2)CO1. The van der Waals surface area contributed by atoms with E-state index in [1.807, 2.05) is 63.2 Å². The van der Waals surface area contributed by atoms with Gasteiger partial charge in [0.05, 0.1) is 21.8 Å². The number of carboxylic acid groups (broad SMARTS) is 2. The lowest BCUT2D eigenvalue weighted by Gasteiger charge is -2.42. The zero-order valence-corrected chi connectivity index (χ0v) is 27.7. The van der Waals surface area contributed by atoms with Crippen molar-refractivity contribution in [3.8, 4) is 0 Å². The molecule has 3 aromatic rings. The van der Waals surface area contributed by atoms with E-state index in [2.05, 4.69) is 5.10 Å². The second kappa shape index (κ2) is 13.3. The van der Waals surface area contributed by atoms with Crippen molar-refractivity contribution in [1.82, 2.24) is 4.90 Å². The molecule has 1 atom stereocenters. The van der Waals surface area contributed by atoms with Crippen molar-refractivity contribution in [2.24, 2.45) is 5.10 Å². The second-order valence-electron chi connectivity index (χ2n) is 11.0. The molecule has 1 amide bonds. The van der Waals surface area contributed by atoms with E-state index in [0.717, 1.165) is 16.1 Å². The Morgan fingerprint density at radius 2 is 1.56 bits per heavy atom. The maximum atomic E-state index is 13.2. The summed E-state index contributed by atoms with van der Waals surface area (Å²) >= 11 is 24.1. The van der Waals surface area contributed by atoms with Gasteiger partial charge in [0.1, 0.15) is 11.5 Å². The highest BCUT2D eigenvalue weighted by Crippen LogP contribution is 2.39. The Morgan fingerprint density at radius 1 is 0.933 bits per heavy atom. The van der Waals surface area contributed by atoms with Gasteiger partial charge in [-0.2, -0.15) is 5.10 Å². The fraction of sp³-hybridized carbons (Fsp3) is 0.250. The number of amides is 1. The molecule has 2 aliphatic heterocycles. The molecule has 13 heteroatoms. The molecule has 0 bridgehead atoms. The van der Waals surface area contributed by atoms with Crippen molar-refractivity contribution >= 4 is 81.2 Å². The van der Waals surface area contributed by atoms with Gasteiger partial charge in [-0.3, -0.25) is 9.69 Å². The van der Waals surface area contributed by atoms with E-state index >= 15 is 0 Å². The Labute approximate surface area is 280 Å². The molecule has 0 fully saturated rings. The summed E-state index contributed by atoms with van der Waals surface area (Å²) < 4.78 is 5.81. The molecular weight excluding hydrogens is 664 g/mol. The van der Waals surface area contributed by atoms with Crippen LogP contribution in [-0.2, 0) is 24.7 Å². The molecule has 0 saturated carbocycles. The van der Waals surface area contributed by atoms with E-state index in [1.165, 1.54) is 25.1 Å². The van der Waals surface area contributed by atoms with Gasteiger partial charge in [-0.15, -0.1) is 0 Å². The van der Waals surface area contributed by atoms with E-state index in [9.17, 15) is 19.5 Å². The van der Waals surface area contributed by atoms with Crippen molar-refractivity contribution in [2.45, 2.75) is 45.2 Å². The predicted molar refractivity (Wildman–Crippen MR) is 176 cm³/mol. The van der Waals surface area contributed by atoms with E-state index < -0.39 is 23.0 Å². The molecule has 236 valence electrons. The van der Waals surface area contributed by atoms with Gasteiger partial charge in [0.2, 0.25) is 0 Å². The summed E-state index contributed by atoms with van der Waals surface area (Å²) in [6.07, 6.45) is -0.226. The average molecular weight is 693 g/mol. The van der Waals surface area contributed by atoms with Crippen LogP contribution >= 0.6 is 46.4 Å². The van der Waals surface area contributed by atoms with Gasteiger partial charge in [-0.1, -0.05) is 76.7 Å². The lowest BCUT2D eigenvalue weighted by atomic mass is 9.90. The summed E-state index contributed by atoms with van der Waals surface area (Å²) in [7, 11) is 0. The molecule has 5 rings (SSSR count). The first-order valence-corrected chi connectivity index (χ1v) is 15.0. The van der Waals surface area contributed by atoms with Crippen LogP contribution in [0.5, 0.6) is 0 Å². The number of benzene rings is 3. The Bertz CT molecular complexity index is 1710. The van der Waals surface area contributed by atoms with Crippen LogP contribution in [0.2, 0.25) is 20.1 Å². The van der Waals surface area contributed by atoms with Crippen LogP contribution in [0.3, 0.4) is 0 Å². The summed E-state index contributed by atoms with van der Waals surface area (Å²) in [4.78, 5) is 37.4. The number of rotatable bonds is 6. The minimum absolute atomic E-state index is 0.0731. The number of anilines is 1. The first-order chi connectivity index (χ1) is 21.1. The number of carboxylic acids is 2. The summed E-state index contributed by atoms with van der Waals surface area (Å²) in [6.45, 7) is 7.30. The summed E-state index contributed by atoms with van der Waals surface area (Å²) in [6, 6.07) is 19.4. The molecule has 1 unspecified atom stereocenters. The van der Waals surface area contributed by atoms with Gasteiger partial charge in [-0.05, 0) is 75.2 Å². The van der Waals surface area contributed by atoms with Crippen LogP contribution in [0.1, 0.15) is 45.2 Å². The molecule has 2 N–H and O–H groups in total. The highest BCUT2D eigenvalue weighted by Gasteiger charge is 2.48. The van der Waals surface area contributed by atoms with Crippen LogP contribution in [0.15, 0.2) is 77.6 Å². The van der Waals surface area contributed by atoms with E-state index in [-0.39, 0.29) is 35.5 Å². The van der Waals surface area contributed by atoms with Gasteiger partial charge in [0.15, 0.2) is 12.3 Å². The monoisotopic (exact) mass is 691 g/mol. The van der Waals surface area contributed by atoms with Crippen molar-refractivity contribution in [1.29, 1.82) is 0 Å². The third kappa shape index (κ3) is 7.07. The summed E-state index contributed by atoms with van der Waals surface area (Å²) in [5.41, 5.74) is 0.187. The van der Waals surface area contributed by atoms with Crippen molar-refractivity contribution in [3.63, 3.8) is 0 Å². The Kier molecular flexibility index (Phi) is 10.1. The minimum atomic E-state index is -1.51. The second-order valence-corrected chi connectivity index (χ2v) is 12.8. The Hall–Kier alpha value is -3.76. The average Bonchev–Trinajstić information content (AvgIpc) is 3.32. The quantitative estimate of drug-likeness (QED) is 0.269. The molecule has 3 aromatic carbocycles. The number of allylic oxidation sites excluding steroid dienone is 1. The highest BCUT2D eigenvalue weighted by molar-refractivity contribution is 6.39. The maximum absolute atomic E-state index is 13.2. The smallest absolute Gasteiger partial charge is 0.352 e. The first kappa shape index (κ1) is 34.1. The number of carbonyl (C=O) groups is 3. The topological polar surface area (TPSA) is 120 Å². The molecule has 0 aliphatic carbocycles. The molecular formula is C32H29Cl4N3O6. The number of hydrogen-bond donors (Lipinski definition) is 2. The summed E-state index contributed by atoms with van der Waals surface area (Å²) in [5.74, 6) is -1.89. The third-order valence-electron chi connectivity index (χ3n) is 7.57. The lowest BCUT2D eigenvalue weighted by molar-refractivity contribution is -0.142.